The third-order valence-electron chi connectivity index (χ3n) is 3.05. The molecule has 2 atom stereocenters. The second-order valence-corrected chi connectivity index (χ2v) is 4.35. The van der Waals surface area contributed by atoms with E-state index in [1.54, 1.807) is 0 Å². The molecular weight excluding hydrogens is 170 g/mol. The van der Waals surface area contributed by atoms with Gasteiger partial charge in [0.25, 0.3) is 0 Å². The Morgan fingerprint density at radius 1 is 1.50 bits per heavy atom. The Labute approximate surface area is 87.0 Å². The largest absolute Gasteiger partial charge is 0.307 e. The minimum absolute atomic E-state index is 0.629. The Morgan fingerprint density at radius 2 is 2.43 bits per heavy atom. The first-order valence-electron chi connectivity index (χ1n) is 5.84. The molecular formula is C13H19N. The fraction of sp³-hybridized carbons (Fsp3) is 0.692. The Balaban J connectivity index is 1.88. The van der Waals surface area contributed by atoms with Crippen LogP contribution in [0.5, 0.6) is 0 Å². The van der Waals surface area contributed by atoms with Crippen LogP contribution in [0, 0.1) is 11.8 Å². The minimum atomic E-state index is 0.629. The Hall–Kier alpha value is -0.740. The van der Waals surface area contributed by atoms with Crippen molar-refractivity contribution in [2.24, 2.45) is 0 Å². The lowest BCUT2D eigenvalue weighted by atomic mass is 10.0. The first kappa shape index (κ1) is 9.80. The van der Waals surface area contributed by atoms with E-state index in [-0.39, 0.29) is 0 Å². The van der Waals surface area contributed by atoms with Gasteiger partial charge in [0.05, 0.1) is 0 Å². The van der Waals surface area contributed by atoms with Crippen LogP contribution < -0.4 is 5.32 Å². The van der Waals surface area contributed by atoms with Crippen molar-refractivity contribution in [3.8, 4) is 11.8 Å². The average molecular weight is 189 g/mol. The Morgan fingerprint density at radius 3 is 3.21 bits per heavy atom. The maximum absolute atomic E-state index is 3.58. The van der Waals surface area contributed by atoms with E-state index in [2.05, 4.69) is 30.2 Å². The van der Waals surface area contributed by atoms with Gasteiger partial charge in [-0.1, -0.05) is 31.3 Å². The molecule has 1 saturated heterocycles. The zero-order valence-electron chi connectivity index (χ0n) is 8.97. The molecule has 2 heterocycles. The molecule has 0 aromatic rings. The number of hydrogen-bond donors (Lipinski definition) is 1. The van der Waals surface area contributed by atoms with Crippen LogP contribution in [0.25, 0.3) is 0 Å². The van der Waals surface area contributed by atoms with Crippen LogP contribution in [0.15, 0.2) is 11.6 Å². The molecule has 76 valence electrons. The predicted octanol–water partition coefficient (Wildman–Crippen LogP) is 2.63. The molecule has 2 rings (SSSR count). The van der Waals surface area contributed by atoms with Crippen molar-refractivity contribution in [1.29, 1.82) is 0 Å². The Bertz CT molecular complexity index is 279. The second-order valence-electron chi connectivity index (χ2n) is 4.35. The molecule has 0 amide bonds. The fourth-order valence-corrected chi connectivity index (χ4v) is 2.25. The van der Waals surface area contributed by atoms with Gasteiger partial charge < -0.3 is 5.32 Å². The summed E-state index contributed by atoms with van der Waals surface area (Å²) in [4.78, 5) is 0. The van der Waals surface area contributed by atoms with E-state index in [0.29, 0.717) is 6.04 Å². The van der Waals surface area contributed by atoms with E-state index >= 15 is 0 Å². The van der Waals surface area contributed by atoms with E-state index in [0.717, 1.165) is 18.9 Å². The molecule has 14 heavy (non-hydrogen) atoms. The van der Waals surface area contributed by atoms with Gasteiger partial charge in [-0.2, -0.15) is 0 Å². The van der Waals surface area contributed by atoms with Crippen molar-refractivity contribution in [2.75, 3.05) is 0 Å². The van der Waals surface area contributed by atoms with Crippen LogP contribution in [0.1, 0.15) is 45.4 Å². The predicted molar refractivity (Wildman–Crippen MR) is 59.9 cm³/mol. The van der Waals surface area contributed by atoms with Gasteiger partial charge in [0, 0.05) is 24.1 Å². The number of nitrogens with one attached hydrogen (secondary N) is 1. The van der Waals surface area contributed by atoms with Gasteiger partial charge in [-0.05, 0) is 25.7 Å². The summed E-state index contributed by atoms with van der Waals surface area (Å²) in [5, 5.41) is 3.58. The molecule has 1 heteroatoms. The summed E-state index contributed by atoms with van der Waals surface area (Å²) in [6, 6.07) is 1.35. The van der Waals surface area contributed by atoms with Crippen LogP contribution in [0.4, 0.5) is 0 Å². The van der Waals surface area contributed by atoms with Gasteiger partial charge in [0.2, 0.25) is 0 Å². The number of hydrogen-bond acceptors (Lipinski definition) is 1. The van der Waals surface area contributed by atoms with Crippen molar-refractivity contribution < 1.29 is 0 Å². The quantitative estimate of drug-likeness (QED) is 0.520. The summed E-state index contributed by atoms with van der Waals surface area (Å²) in [6.07, 6.45) is 9.70. The maximum Gasteiger partial charge on any atom is 0.0265 e. The van der Waals surface area contributed by atoms with E-state index in [1.807, 2.05) is 0 Å². The smallest absolute Gasteiger partial charge is 0.0265 e. The number of unbranched alkanes of at least 4 members (excludes halogenated alkanes) is 2. The van der Waals surface area contributed by atoms with Crippen molar-refractivity contribution in [3.63, 3.8) is 0 Å². The van der Waals surface area contributed by atoms with Gasteiger partial charge in [-0.15, -0.1) is 0 Å². The van der Waals surface area contributed by atoms with Crippen molar-refractivity contribution in [3.05, 3.63) is 11.6 Å². The number of rotatable bonds is 2. The van der Waals surface area contributed by atoms with Crippen LogP contribution in [-0.4, -0.2) is 12.1 Å². The van der Waals surface area contributed by atoms with E-state index in [9.17, 15) is 0 Å². The van der Waals surface area contributed by atoms with Gasteiger partial charge in [0.15, 0.2) is 0 Å². The van der Waals surface area contributed by atoms with Gasteiger partial charge in [-0.3, -0.25) is 0 Å². The lowest BCUT2D eigenvalue weighted by molar-refractivity contribution is 0.557. The summed E-state index contributed by atoms with van der Waals surface area (Å²) >= 11 is 0. The third kappa shape index (κ3) is 2.39. The summed E-state index contributed by atoms with van der Waals surface area (Å²) in [5.41, 5.74) is 1.38. The first-order valence-corrected chi connectivity index (χ1v) is 5.84. The zero-order chi connectivity index (χ0) is 9.80. The van der Waals surface area contributed by atoms with E-state index in [1.165, 1.54) is 31.3 Å². The summed E-state index contributed by atoms with van der Waals surface area (Å²) in [6.45, 7) is 2.21. The monoisotopic (exact) mass is 189 g/mol. The molecule has 0 radical (unpaired) electrons. The van der Waals surface area contributed by atoms with E-state index in [4.69, 9.17) is 0 Å². The van der Waals surface area contributed by atoms with Crippen LogP contribution in [-0.2, 0) is 0 Å². The van der Waals surface area contributed by atoms with Gasteiger partial charge in [0.1, 0.15) is 0 Å². The van der Waals surface area contributed by atoms with Crippen molar-refractivity contribution in [2.45, 2.75) is 57.5 Å². The van der Waals surface area contributed by atoms with Crippen LogP contribution >= 0.6 is 0 Å². The lowest BCUT2D eigenvalue weighted by Gasteiger charge is -2.17. The fourth-order valence-electron chi connectivity index (χ4n) is 2.25. The second kappa shape index (κ2) is 4.66. The third-order valence-corrected chi connectivity index (χ3v) is 3.05. The Kier molecular flexibility index (Phi) is 3.26. The van der Waals surface area contributed by atoms with Crippen LogP contribution in [0.2, 0.25) is 0 Å². The minimum Gasteiger partial charge on any atom is -0.307 e. The highest BCUT2D eigenvalue weighted by molar-refractivity contribution is 5.33. The zero-order valence-corrected chi connectivity index (χ0v) is 8.97. The average Bonchev–Trinajstić information content (AvgIpc) is 2.53. The highest BCUT2D eigenvalue weighted by atomic mass is 15.0. The number of fused-ring (bicyclic) bond motifs is 2. The van der Waals surface area contributed by atoms with Gasteiger partial charge in [-0.25, -0.2) is 0 Å². The molecule has 2 aliphatic heterocycles. The molecule has 1 N–H and O–H groups in total. The molecule has 0 saturated carbocycles. The summed E-state index contributed by atoms with van der Waals surface area (Å²) < 4.78 is 0. The molecule has 1 nitrogen and oxygen atoms in total. The molecule has 2 bridgehead atoms. The molecule has 0 aromatic carbocycles. The molecule has 2 aliphatic rings. The summed E-state index contributed by atoms with van der Waals surface area (Å²) in [7, 11) is 0. The lowest BCUT2D eigenvalue weighted by Crippen LogP contribution is -2.32. The van der Waals surface area contributed by atoms with Crippen molar-refractivity contribution >= 4 is 0 Å². The topological polar surface area (TPSA) is 12.0 Å². The molecule has 2 unspecified atom stereocenters. The highest BCUT2D eigenvalue weighted by Crippen LogP contribution is 2.25. The normalized spacial score (nSPS) is 29.4. The molecule has 0 spiro atoms. The highest BCUT2D eigenvalue weighted by Gasteiger charge is 2.26. The van der Waals surface area contributed by atoms with Gasteiger partial charge >= 0.3 is 0 Å². The summed E-state index contributed by atoms with van der Waals surface area (Å²) in [5.74, 6) is 6.61. The maximum atomic E-state index is 3.58. The SMILES string of the molecule is CCCCC#CC1=CC2CCC(C1)N2. The first-order chi connectivity index (χ1) is 6.88. The van der Waals surface area contributed by atoms with E-state index < -0.39 is 0 Å². The van der Waals surface area contributed by atoms with Crippen LogP contribution in [0.3, 0.4) is 0 Å². The molecule has 0 aliphatic carbocycles. The molecule has 0 aromatic heterocycles. The molecule has 1 fully saturated rings. The van der Waals surface area contributed by atoms with Crippen molar-refractivity contribution in [1.82, 2.24) is 5.32 Å². The standard InChI is InChI=1S/C13H19N/c1-2-3-4-5-6-11-9-12-7-8-13(10-11)14-12/h9,12-14H,2-4,7-8,10H2,1H3.